The van der Waals surface area contributed by atoms with Gasteiger partial charge in [0, 0.05) is 18.9 Å². The Balaban J connectivity index is -0.000000240. The molecule has 0 atom stereocenters. The fourth-order valence-electron chi connectivity index (χ4n) is 1.33. The first-order valence-corrected chi connectivity index (χ1v) is 6.48. The molecule has 0 aliphatic rings. The highest BCUT2D eigenvalue weighted by Crippen LogP contribution is 2.35. The maximum Gasteiger partial charge on any atom is 0.0201 e. The fraction of sp³-hybridized carbons (Fsp3) is 1.00. The van der Waals surface area contributed by atoms with Gasteiger partial charge in [-0.25, -0.2) is 0 Å². The van der Waals surface area contributed by atoms with Crippen LogP contribution in [0.2, 0.25) is 0 Å². The Morgan fingerprint density at radius 3 is 0.875 bits per heavy atom. The molecule has 0 radical (unpaired) electrons. The van der Waals surface area contributed by atoms with Gasteiger partial charge < -0.3 is 14.7 Å². The molecule has 0 saturated carbocycles. The van der Waals surface area contributed by atoms with E-state index >= 15 is 0 Å². The second-order valence-electron chi connectivity index (χ2n) is 4.33. The van der Waals surface area contributed by atoms with Crippen LogP contribution in [0, 0.1) is 0 Å². The molecule has 0 aromatic carbocycles. The van der Waals surface area contributed by atoms with Crippen molar-refractivity contribution in [2.24, 2.45) is 0 Å². The van der Waals surface area contributed by atoms with E-state index in [1.165, 1.54) is 18.9 Å². The number of nitrogens with zero attached hydrogens (tertiary/aromatic N) is 3. The van der Waals surface area contributed by atoms with Crippen LogP contribution in [0.1, 0.15) is 0 Å². The lowest BCUT2D eigenvalue weighted by molar-refractivity contribution is 0.437. The summed E-state index contributed by atoms with van der Waals surface area (Å²) in [7, 11) is 13.0. The lowest BCUT2D eigenvalue weighted by Crippen LogP contribution is -2.24. The van der Waals surface area contributed by atoms with Gasteiger partial charge in [0.05, 0.1) is 0 Å². The molecule has 0 amide bonds. The molecular formula is C9H27Cl3N3P. The normalized spacial score (nSPS) is 10.1. The van der Waals surface area contributed by atoms with Gasteiger partial charge in [0.2, 0.25) is 0 Å². The molecule has 0 aliphatic heterocycles. The lowest BCUT2D eigenvalue weighted by atomic mass is 11.0. The predicted octanol–water partition coefficient (Wildman–Crippen LogP) is 2.29. The third-order valence-corrected chi connectivity index (χ3v) is 4.35. The Bertz CT molecular complexity index is 113. The van der Waals surface area contributed by atoms with Gasteiger partial charge in [-0.05, 0) is 42.3 Å². The summed E-state index contributed by atoms with van der Waals surface area (Å²) < 4.78 is 0. The minimum absolute atomic E-state index is 0. The molecule has 0 heterocycles. The summed E-state index contributed by atoms with van der Waals surface area (Å²) in [6.45, 7) is 0. The van der Waals surface area contributed by atoms with Crippen molar-refractivity contribution in [1.29, 1.82) is 0 Å². The fourth-order valence-corrected chi connectivity index (χ4v) is 4.00. The minimum Gasteiger partial charge on any atom is -0.305 e. The maximum atomic E-state index is 2.29. The Kier molecular flexibility index (Phi) is 23.0. The molecule has 0 bridgehead atoms. The standard InChI is InChI=1S/C9H24N3P.3ClH/c1-10(2)7-13(8-11(3)4)9-12(5)6;;;/h7-9H2,1-6H3;3*1H. The zero-order valence-electron chi connectivity index (χ0n) is 11.1. The van der Waals surface area contributed by atoms with E-state index in [1.807, 2.05) is 0 Å². The highest BCUT2D eigenvalue weighted by molar-refractivity contribution is 7.57. The molecule has 0 spiro atoms. The molecule has 0 aromatic heterocycles. The molecule has 0 saturated heterocycles. The van der Waals surface area contributed by atoms with E-state index in [1.54, 1.807) is 0 Å². The molecule has 0 fully saturated rings. The molecule has 0 aromatic rings. The van der Waals surface area contributed by atoms with Crippen LogP contribution < -0.4 is 0 Å². The van der Waals surface area contributed by atoms with E-state index in [0.29, 0.717) is 0 Å². The average Bonchev–Trinajstić information content (AvgIpc) is 1.80. The van der Waals surface area contributed by atoms with E-state index in [-0.39, 0.29) is 45.1 Å². The molecule has 0 unspecified atom stereocenters. The van der Waals surface area contributed by atoms with Crippen LogP contribution in [0.4, 0.5) is 0 Å². The van der Waals surface area contributed by atoms with Crippen LogP contribution in [0.3, 0.4) is 0 Å². The predicted molar refractivity (Wildman–Crippen MR) is 84.3 cm³/mol. The van der Waals surface area contributed by atoms with E-state index in [0.717, 1.165) is 0 Å². The van der Waals surface area contributed by atoms with Crippen molar-refractivity contribution >= 4 is 45.1 Å². The summed E-state index contributed by atoms with van der Waals surface area (Å²) in [5.41, 5.74) is 0. The summed E-state index contributed by atoms with van der Waals surface area (Å²) in [4.78, 5) is 6.87. The number of hydrogen-bond acceptors (Lipinski definition) is 3. The smallest absolute Gasteiger partial charge is 0.0201 e. The first-order chi connectivity index (χ1) is 5.91. The van der Waals surface area contributed by atoms with Gasteiger partial charge in [-0.15, -0.1) is 37.2 Å². The van der Waals surface area contributed by atoms with Gasteiger partial charge in [0.1, 0.15) is 0 Å². The number of hydrogen-bond donors (Lipinski definition) is 0. The highest BCUT2D eigenvalue weighted by Gasteiger charge is 2.10. The van der Waals surface area contributed by atoms with Gasteiger partial charge in [-0.1, -0.05) is 7.92 Å². The van der Waals surface area contributed by atoms with Crippen molar-refractivity contribution in [3.63, 3.8) is 0 Å². The first-order valence-electron chi connectivity index (χ1n) is 4.58. The van der Waals surface area contributed by atoms with Crippen LogP contribution >= 0.6 is 45.1 Å². The van der Waals surface area contributed by atoms with Gasteiger partial charge in [-0.2, -0.15) is 0 Å². The molecule has 3 nitrogen and oxygen atoms in total. The summed E-state index contributed by atoms with van der Waals surface area (Å²) in [6, 6.07) is 0. The zero-order valence-corrected chi connectivity index (χ0v) is 14.5. The largest absolute Gasteiger partial charge is 0.305 e. The zero-order chi connectivity index (χ0) is 10.4. The van der Waals surface area contributed by atoms with Gasteiger partial charge in [-0.3, -0.25) is 0 Å². The number of halogens is 3. The van der Waals surface area contributed by atoms with Crippen molar-refractivity contribution in [2.75, 3.05) is 61.1 Å². The van der Waals surface area contributed by atoms with Gasteiger partial charge in [0.25, 0.3) is 0 Å². The minimum atomic E-state index is 0. The maximum absolute atomic E-state index is 2.29. The topological polar surface area (TPSA) is 9.72 Å². The lowest BCUT2D eigenvalue weighted by Gasteiger charge is -2.27. The SMILES string of the molecule is CN(C)CP(CN(C)C)CN(C)C.Cl.Cl.Cl. The van der Waals surface area contributed by atoms with Crippen molar-refractivity contribution in [3.8, 4) is 0 Å². The summed E-state index contributed by atoms with van der Waals surface area (Å²) >= 11 is 0. The number of rotatable bonds is 6. The Labute approximate surface area is 121 Å². The van der Waals surface area contributed by atoms with Crippen LogP contribution in [0.15, 0.2) is 0 Å². The molecule has 0 N–H and O–H groups in total. The molecule has 7 heteroatoms. The van der Waals surface area contributed by atoms with Crippen molar-refractivity contribution in [3.05, 3.63) is 0 Å². The monoisotopic (exact) mass is 313 g/mol. The second kappa shape index (κ2) is 14.2. The Morgan fingerprint density at radius 2 is 0.750 bits per heavy atom. The van der Waals surface area contributed by atoms with E-state index in [2.05, 4.69) is 57.0 Å². The first kappa shape index (κ1) is 25.9. The highest BCUT2D eigenvalue weighted by atomic mass is 35.5. The van der Waals surface area contributed by atoms with Crippen molar-refractivity contribution in [1.82, 2.24) is 14.7 Å². The van der Waals surface area contributed by atoms with E-state index in [4.69, 9.17) is 0 Å². The molecule has 0 aliphatic carbocycles. The van der Waals surface area contributed by atoms with Crippen LogP contribution in [0.25, 0.3) is 0 Å². The van der Waals surface area contributed by atoms with Gasteiger partial charge in [0.15, 0.2) is 0 Å². The van der Waals surface area contributed by atoms with Gasteiger partial charge >= 0.3 is 0 Å². The Hall–Kier alpha value is 1.18. The third-order valence-electron chi connectivity index (χ3n) is 1.45. The summed E-state index contributed by atoms with van der Waals surface area (Å²) in [5.74, 6) is 0. The molecule has 104 valence electrons. The molecular weight excluding hydrogens is 287 g/mol. The van der Waals surface area contributed by atoms with E-state index in [9.17, 15) is 0 Å². The molecule has 0 rings (SSSR count). The van der Waals surface area contributed by atoms with E-state index < -0.39 is 0 Å². The van der Waals surface area contributed by atoms with Crippen LogP contribution in [-0.2, 0) is 0 Å². The second-order valence-corrected chi connectivity index (χ2v) is 6.52. The molecule has 16 heavy (non-hydrogen) atoms. The van der Waals surface area contributed by atoms with Crippen LogP contribution in [-0.4, -0.2) is 75.8 Å². The Morgan fingerprint density at radius 1 is 0.562 bits per heavy atom. The third kappa shape index (κ3) is 17.6. The average molecular weight is 315 g/mol. The van der Waals surface area contributed by atoms with Crippen LogP contribution in [0.5, 0.6) is 0 Å². The summed E-state index contributed by atoms with van der Waals surface area (Å²) in [6.07, 6.45) is 3.68. The van der Waals surface area contributed by atoms with Crippen molar-refractivity contribution in [2.45, 2.75) is 0 Å². The quantitative estimate of drug-likeness (QED) is 0.697. The van der Waals surface area contributed by atoms with Crippen molar-refractivity contribution < 1.29 is 0 Å². The summed E-state index contributed by atoms with van der Waals surface area (Å²) in [5, 5.41) is 0.